The van der Waals surface area contributed by atoms with Gasteiger partial charge in [0.25, 0.3) is 0 Å². The Kier molecular flexibility index (Phi) is 4.04. The van der Waals surface area contributed by atoms with E-state index < -0.39 is 0 Å². The monoisotopic (exact) mass is 260 g/mol. The standard InChI is InChI=1S/C16H24N2O/c1-12-9-14-10-13(3-6-16(14)19-12)11-17-7-2-8-18-15-4-5-15/h3,6,10,12,15,17-18H,2,4-5,7-9,11H2,1H3. The average Bonchev–Trinajstić information content (AvgIpc) is 3.14. The summed E-state index contributed by atoms with van der Waals surface area (Å²) in [6, 6.07) is 7.41. The maximum atomic E-state index is 5.72. The van der Waals surface area contributed by atoms with E-state index in [9.17, 15) is 0 Å². The molecule has 0 saturated heterocycles. The van der Waals surface area contributed by atoms with E-state index in [1.807, 2.05) is 0 Å². The molecule has 1 unspecified atom stereocenters. The van der Waals surface area contributed by atoms with Crippen molar-refractivity contribution in [3.63, 3.8) is 0 Å². The van der Waals surface area contributed by atoms with E-state index in [1.54, 1.807) is 0 Å². The summed E-state index contributed by atoms with van der Waals surface area (Å²) < 4.78 is 5.72. The van der Waals surface area contributed by atoms with Gasteiger partial charge in [0, 0.05) is 19.0 Å². The molecule has 2 N–H and O–H groups in total. The molecule has 0 radical (unpaired) electrons. The second-order valence-corrected chi connectivity index (χ2v) is 5.83. The summed E-state index contributed by atoms with van der Waals surface area (Å²) in [6.45, 7) is 5.33. The van der Waals surface area contributed by atoms with Crippen LogP contribution in [0.2, 0.25) is 0 Å². The molecule has 1 fully saturated rings. The van der Waals surface area contributed by atoms with Crippen LogP contribution >= 0.6 is 0 Å². The van der Waals surface area contributed by atoms with Gasteiger partial charge >= 0.3 is 0 Å². The molecule has 1 heterocycles. The van der Waals surface area contributed by atoms with E-state index in [0.717, 1.165) is 37.8 Å². The van der Waals surface area contributed by atoms with E-state index in [0.29, 0.717) is 6.10 Å². The van der Waals surface area contributed by atoms with Crippen LogP contribution in [0.25, 0.3) is 0 Å². The number of nitrogens with one attached hydrogen (secondary N) is 2. The molecule has 19 heavy (non-hydrogen) atoms. The fraction of sp³-hybridized carbons (Fsp3) is 0.625. The lowest BCUT2D eigenvalue weighted by Gasteiger charge is -2.07. The molecule has 2 aliphatic rings. The summed E-state index contributed by atoms with van der Waals surface area (Å²) >= 11 is 0. The Hall–Kier alpha value is -1.06. The van der Waals surface area contributed by atoms with Crippen molar-refractivity contribution in [1.29, 1.82) is 0 Å². The number of benzene rings is 1. The van der Waals surface area contributed by atoms with Gasteiger partial charge in [-0.1, -0.05) is 12.1 Å². The fourth-order valence-corrected chi connectivity index (χ4v) is 2.63. The zero-order chi connectivity index (χ0) is 13.1. The number of hydrogen-bond donors (Lipinski definition) is 2. The van der Waals surface area contributed by atoms with Gasteiger partial charge < -0.3 is 15.4 Å². The second-order valence-electron chi connectivity index (χ2n) is 5.83. The first-order valence-corrected chi connectivity index (χ1v) is 7.54. The lowest BCUT2D eigenvalue weighted by molar-refractivity contribution is 0.254. The number of rotatable bonds is 7. The van der Waals surface area contributed by atoms with Crippen molar-refractivity contribution >= 4 is 0 Å². The molecule has 0 spiro atoms. The van der Waals surface area contributed by atoms with Crippen molar-refractivity contribution in [3.05, 3.63) is 29.3 Å². The molecule has 1 saturated carbocycles. The SMILES string of the molecule is CC1Cc2cc(CNCCCNC3CC3)ccc2O1. The van der Waals surface area contributed by atoms with Gasteiger partial charge in [-0.15, -0.1) is 0 Å². The van der Waals surface area contributed by atoms with Gasteiger partial charge in [-0.2, -0.15) is 0 Å². The number of fused-ring (bicyclic) bond motifs is 1. The summed E-state index contributed by atoms with van der Waals surface area (Å²) in [4.78, 5) is 0. The molecule has 1 aromatic rings. The van der Waals surface area contributed by atoms with E-state index in [-0.39, 0.29) is 0 Å². The molecule has 104 valence electrons. The van der Waals surface area contributed by atoms with Gasteiger partial charge in [0.15, 0.2) is 0 Å². The minimum absolute atomic E-state index is 0.340. The molecule has 0 bridgehead atoms. The summed E-state index contributed by atoms with van der Waals surface area (Å²) in [5.41, 5.74) is 2.73. The first-order chi connectivity index (χ1) is 9.31. The molecular weight excluding hydrogens is 236 g/mol. The van der Waals surface area contributed by atoms with Crippen molar-refractivity contribution in [3.8, 4) is 5.75 Å². The smallest absolute Gasteiger partial charge is 0.123 e. The van der Waals surface area contributed by atoms with Crippen molar-refractivity contribution in [1.82, 2.24) is 10.6 Å². The Morgan fingerprint density at radius 3 is 3.00 bits per heavy atom. The molecular formula is C16H24N2O. The third-order valence-corrected chi connectivity index (χ3v) is 3.83. The van der Waals surface area contributed by atoms with Gasteiger partial charge in [-0.3, -0.25) is 0 Å². The molecule has 1 aliphatic carbocycles. The summed E-state index contributed by atoms with van der Waals surface area (Å²) in [5, 5.41) is 7.05. The van der Waals surface area contributed by atoms with E-state index in [1.165, 1.54) is 30.4 Å². The van der Waals surface area contributed by atoms with E-state index in [2.05, 4.69) is 35.8 Å². The Morgan fingerprint density at radius 1 is 1.26 bits per heavy atom. The fourth-order valence-electron chi connectivity index (χ4n) is 2.63. The highest BCUT2D eigenvalue weighted by Gasteiger charge is 2.19. The van der Waals surface area contributed by atoms with E-state index in [4.69, 9.17) is 4.74 Å². The maximum absolute atomic E-state index is 5.72. The van der Waals surface area contributed by atoms with Gasteiger partial charge in [0.1, 0.15) is 11.9 Å². The highest BCUT2D eigenvalue weighted by Crippen LogP contribution is 2.29. The van der Waals surface area contributed by atoms with Crippen molar-refractivity contribution in [2.75, 3.05) is 13.1 Å². The van der Waals surface area contributed by atoms with Crippen molar-refractivity contribution in [2.24, 2.45) is 0 Å². The average molecular weight is 260 g/mol. The van der Waals surface area contributed by atoms with Crippen LogP contribution in [0.5, 0.6) is 5.75 Å². The predicted octanol–water partition coefficient (Wildman–Crippen LogP) is 2.24. The topological polar surface area (TPSA) is 33.3 Å². The normalized spacial score (nSPS) is 21.2. The minimum Gasteiger partial charge on any atom is -0.490 e. The van der Waals surface area contributed by atoms with Gasteiger partial charge in [0.2, 0.25) is 0 Å². The lowest BCUT2D eigenvalue weighted by Crippen LogP contribution is -2.23. The van der Waals surface area contributed by atoms with E-state index >= 15 is 0 Å². The van der Waals surface area contributed by atoms with Crippen LogP contribution in [0.15, 0.2) is 18.2 Å². The largest absolute Gasteiger partial charge is 0.490 e. The lowest BCUT2D eigenvalue weighted by atomic mass is 10.1. The Labute approximate surface area is 115 Å². The van der Waals surface area contributed by atoms with Crippen LogP contribution in [0.1, 0.15) is 37.3 Å². The molecule has 0 amide bonds. The Morgan fingerprint density at radius 2 is 2.16 bits per heavy atom. The Balaban J connectivity index is 1.37. The van der Waals surface area contributed by atoms with Crippen molar-refractivity contribution < 1.29 is 4.74 Å². The van der Waals surface area contributed by atoms with Crippen LogP contribution in [0.3, 0.4) is 0 Å². The highest BCUT2D eigenvalue weighted by atomic mass is 16.5. The predicted molar refractivity (Wildman–Crippen MR) is 77.6 cm³/mol. The maximum Gasteiger partial charge on any atom is 0.123 e. The molecule has 3 heteroatoms. The highest BCUT2D eigenvalue weighted by molar-refractivity contribution is 5.40. The molecule has 1 atom stereocenters. The van der Waals surface area contributed by atoms with Crippen molar-refractivity contribution in [2.45, 2.75) is 51.3 Å². The molecule has 0 aromatic heterocycles. The summed E-state index contributed by atoms with van der Waals surface area (Å²) in [6.07, 6.45) is 5.36. The molecule has 3 nitrogen and oxygen atoms in total. The summed E-state index contributed by atoms with van der Waals surface area (Å²) in [5.74, 6) is 1.07. The van der Waals surface area contributed by atoms with Gasteiger partial charge in [0.05, 0.1) is 0 Å². The number of ether oxygens (including phenoxy) is 1. The second kappa shape index (κ2) is 5.93. The Bertz CT molecular complexity index is 429. The summed E-state index contributed by atoms with van der Waals surface area (Å²) in [7, 11) is 0. The van der Waals surface area contributed by atoms with Crippen LogP contribution in [0, 0.1) is 0 Å². The van der Waals surface area contributed by atoms with Crippen LogP contribution in [0.4, 0.5) is 0 Å². The molecule has 1 aromatic carbocycles. The van der Waals surface area contributed by atoms with Crippen LogP contribution in [-0.4, -0.2) is 25.2 Å². The van der Waals surface area contributed by atoms with Gasteiger partial charge in [-0.25, -0.2) is 0 Å². The minimum atomic E-state index is 0.340. The third kappa shape index (κ3) is 3.71. The quantitative estimate of drug-likeness (QED) is 0.738. The first kappa shape index (κ1) is 12.9. The van der Waals surface area contributed by atoms with Crippen LogP contribution < -0.4 is 15.4 Å². The first-order valence-electron chi connectivity index (χ1n) is 7.54. The third-order valence-electron chi connectivity index (χ3n) is 3.83. The molecule has 1 aliphatic heterocycles. The zero-order valence-corrected chi connectivity index (χ0v) is 11.7. The van der Waals surface area contributed by atoms with Gasteiger partial charge in [-0.05, 0) is 56.5 Å². The zero-order valence-electron chi connectivity index (χ0n) is 11.7. The van der Waals surface area contributed by atoms with Crippen LogP contribution in [-0.2, 0) is 13.0 Å². The number of hydrogen-bond acceptors (Lipinski definition) is 3. The molecule has 3 rings (SSSR count).